The number of nitrogens with two attached hydrogens (primary N) is 1. The number of aryl methyl sites for hydroxylation is 2. The predicted octanol–water partition coefficient (Wildman–Crippen LogP) is 0.219. The zero-order valence-corrected chi connectivity index (χ0v) is 18.4. The van der Waals surface area contributed by atoms with Crippen LogP contribution in [0.2, 0.25) is 0 Å². The summed E-state index contributed by atoms with van der Waals surface area (Å²) in [4.78, 5) is 59.0. The number of carbonyl (C=O) groups excluding carboxylic acids is 2. The molecule has 3 aromatic rings. The number of hydrogen-bond acceptors (Lipinski definition) is 6. The van der Waals surface area contributed by atoms with Crippen molar-refractivity contribution >= 4 is 28.7 Å². The first-order valence-corrected chi connectivity index (χ1v) is 10.9. The van der Waals surface area contributed by atoms with Gasteiger partial charge in [-0.15, -0.1) is 0 Å². The summed E-state index contributed by atoms with van der Waals surface area (Å²) in [5, 5.41) is 2.85. The van der Waals surface area contributed by atoms with E-state index in [4.69, 9.17) is 5.73 Å². The number of hydrogen-bond donors (Lipinski definition) is 4. The standard InChI is InChI=1S/C22H27N7O4/c1-28-20-18(21(32)27-22(28)33)25-16(26-20)8-9-17(30)24-15-6-4-13(5-7-15)11-29-10-2-3-14(12-29)19(23)31/h4-7,14H,2-3,8-12H2,1H3,(H2,23,31)(H,24,30)(H,25,26)(H,27,32,33). The van der Waals surface area contributed by atoms with Gasteiger partial charge in [0.1, 0.15) is 11.3 Å². The topological polar surface area (TPSA) is 159 Å². The molecule has 2 amide bonds. The second-order valence-corrected chi connectivity index (χ2v) is 8.42. The van der Waals surface area contributed by atoms with E-state index < -0.39 is 11.2 Å². The Morgan fingerprint density at radius 3 is 2.70 bits per heavy atom. The molecule has 1 aromatic carbocycles. The zero-order valence-electron chi connectivity index (χ0n) is 18.4. The third kappa shape index (κ3) is 5.20. The molecular formula is C22H27N7O4. The van der Waals surface area contributed by atoms with E-state index in [0.717, 1.165) is 31.5 Å². The lowest BCUT2D eigenvalue weighted by atomic mass is 9.97. The van der Waals surface area contributed by atoms with Crippen molar-refractivity contribution in [2.45, 2.75) is 32.2 Å². The number of fused-ring (bicyclic) bond motifs is 1. The third-order valence-electron chi connectivity index (χ3n) is 5.94. The fourth-order valence-corrected chi connectivity index (χ4v) is 4.11. The smallest absolute Gasteiger partial charge is 0.329 e. The van der Waals surface area contributed by atoms with Crippen molar-refractivity contribution in [1.29, 1.82) is 0 Å². The van der Waals surface area contributed by atoms with E-state index in [9.17, 15) is 19.2 Å². The molecule has 2 aromatic heterocycles. The Hall–Kier alpha value is -3.73. The monoisotopic (exact) mass is 453 g/mol. The van der Waals surface area contributed by atoms with Crippen LogP contribution >= 0.6 is 0 Å². The van der Waals surface area contributed by atoms with Crippen LogP contribution in [0.4, 0.5) is 5.69 Å². The second kappa shape index (κ2) is 9.41. The van der Waals surface area contributed by atoms with E-state index in [-0.39, 0.29) is 35.3 Å². The number of anilines is 1. The maximum Gasteiger partial charge on any atom is 0.329 e. The maximum absolute atomic E-state index is 12.4. The Balaban J connectivity index is 1.31. The highest BCUT2D eigenvalue weighted by atomic mass is 16.2. The largest absolute Gasteiger partial charge is 0.369 e. The maximum atomic E-state index is 12.4. The van der Waals surface area contributed by atoms with Gasteiger partial charge in [0.25, 0.3) is 5.56 Å². The quantitative estimate of drug-likeness (QED) is 0.400. The van der Waals surface area contributed by atoms with Crippen molar-refractivity contribution in [2.75, 3.05) is 18.4 Å². The molecule has 1 aliphatic heterocycles. The number of benzene rings is 1. The van der Waals surface area contributed by atoms with E-state index in [1.807, 2.05) is 24.3 Å². The molecule has 11 nitrogen and oxygen atoms in total. The van der Waals surface area contributed by atoms with Gasteiger partial charge in [-0.25, -0.2) is 9.78 Å². The Morgan fingerprint density at radius 1 is 1.21 bits per heavy atom. The zero-order chi connectivity index (χ0) is 23.5. The van der Waals surface area contributed by atoms with Gasteiger partial charge in [0.05, 0.1) is 5.92 Å². The number of nitrogens with zero attached hydrogens (tertiary/aromatic N) is 3. The molecule has 1 fully saturated rings. The van der Waals surface area contributed by atoms with Gasteiger partial charge in [-0.3, -0.25) is 28.8 Å². The number of aromatic nitrogens is 4. The molecule has 0 saturated carbocycles. The minimum atomic E-state index is -0.542. The van der Waals surface area contributed by atoms with Gasteiger partial charge in [-0.1, -0.05) is 12.1 Å². The van der Waals surface area contributed by atoms with E-state index >= 15 is 0 Å². The van der Waals surface area contributed by atoms with Gasteiger partial charge < -0.3 is 16.0 Å². The Morgan fingerprint density at radius 2 is 1.97 bits per heavy atom. The highest BCUT2D eigenvalue weighted by Gasteiger charge is 2.23. The number of H-pyrrole nitrogens is 2. The van der Waals surface area contributed by atoms with Crippen LogP contribution in [0.5, 0.6) is 0 Å². The lowest BCUT2D eigenvalue weighted by Gasteiger charge is -2.31. The van der Waals surface area contributed by atoms with Gasteiger partial charge in [0, 0.05) is 38.7 Å². The Bertz CT molecular complexity index is 1290. The van der Waals surface area contributed by atoms with Gasteiger partial charge in [-0.2, -0.15) is 0 Å². The molecule has 5 N–H and O–H groups in total. The average molecular weight is 454 g/mol. The first-order chi connectivity index (χ1) is 15.8. The number of amides is 2. The summed E-state index contributed by atoms with van der Waals surface area (Å²) in [6.07, 6.45) is 2.26. The summed E-state index contributed by atoms with van der Waals surface area (Å²) in [5.74, 6) is -0.0622. The van der Waals surface area contributed by atoms with Crippen LogP contribution in [0, 0.1) is 5.92 Å². The van der Waals surface area contributed by atoms with Crippen LogP contribution in [-0.4, -0.2) is 49.3 Å². The van der Waals surface area contributed by atoms with E-state index in [1.165, 1.54) is 11.6 Å². The van der Waals surface area contributed by atoms with Gasteiger partial charge in [-0.05, 0) is 37.1 Å². The molecule has 0 spiro atoms. The lowest BCUT2D eigenvalue weighted by molar-refractivity contribution is -0.123. The molecule has 174 valence electrons. The van der Waals surface area contributed by atoms with Crippen LogP contribution < -0.4 is 22.3 Å². The Kier molecular flexibility index (Phi) is 6.40. The van der Waals surface area contributed by atoms with Crippen molar-refractivity contribution in [3.05, 3.63) is 56.5 Å². The van der Waals surface area contributed by atoms with Crippen molar-refractivity contribution in [3.63, 3.8) is 0 Å². The van der Waals surface area contributed by atoms with Crippen molar-refractivity contribution in [2.24, 2.45) is 18.7 Å². The predicted molar refractivity (Wildman–Crippen MR) is 123 cm³/mol. The number of imidazole rings is 1. The minimum Gasteiger partial charge on any atom is -0.369 e. The Labute approximate surface area is 189 Å². The van der Waals surface area contributed by atoms with Crippen molar-refractivity contribution in [1.82, 2.24) is 24.4 Å². The highest BCUT2D eigenvalue weighted by molar-refractivity contribution is 5.90. The van der Waals surface area contributed by atoms with Crippen molar-refractivity contribution in [3.8, 4) is 0 Å². The first-order valence-electron chi connectivity index (χ1n) is 10.9. The molecule has 33 heavy (non-hydrogen) atoms. The number of primary amides is 1. The second-order valence-electron chi connectivity index (χ2n) is 8.42. The summed E-state index contributed by atoms with van der Waals surface area (Å²) in [5.41, 5.74) is 6.61. The van der Waals surface area contributed by atoms with E-state index in [2.05, 4.69) is 25.2 Å². The summed E-state index contributed by atoms with van der Waals surface area (Å²) in [6.45, 7) is 2.34. The molecular weight excluding hydrogens is 426 g/mol. The first kappa shape index (κ1) is 22.5. The minimum absolute atomic E-state index is 0.0905. The fourth-order valence-electron chi connectivity index (χ4n) is 4.11. The van der Waals surface area contributed by atoms with E-state index in [1.54, 1.807) is 0 Å². The molecule has 11 heteroatoms. The SMILES string of the molecule is Cn1c(=O)[nH]c(=O)c2[nH]c(CCC(=O)Nc3ccc(CN4CCCC(C(N)=O)C4)cc3)nc21. The lowest BCUT2D eigenvalue weighted by Crippen LogP contribution is -2.40. The number of rotatable bonds is 7. The van der Waals surface area contributed by atoms with Crippen LogP contribution in [-0.2, 0) is 29.6 Å². The fraction of sp³-hybridized carbons (Fsp3) is 0.409. The molecule has 4 rings (SSSR count). The van der Waals surface area contributed by atoms with Crippen LogP contribution in [0.15, 0.2) is 33.9 Å². The molecule has 3 heterocycles. The summed E-state index contributed by atoms with van der Waals surface area (Å²) < 4.78 is 1.25. The molecule has 1 aliphatic rings. The van der Waals surface area contributed by atoms with E-state index in [0.29, 0.717) is 24.5 Å². The van der Waals surface area contributed by atoms with Crippen molar-refractivity contribution < 1.29 is 9.59 Å². The van der Waals surface area contributed by atoms with Crippen LogP contribution in [0.3, 0.4) is 0 Å². The van der Waals surface area contributed by atoms with Gasteiger partial charge in [0.2, 0.25) is 11.8 Å². The summed E-state index contributed by atoms with van der Waals surface area (Å²) >= 11 is 0. The van der Waals surface area contributed by atoms with Gasteiger partial charge in [0.15, 0.2) is 5.65 Å². The molecule has 0 aliphatic carbocycles. The number of nitrogens with one attached hydrogen (secondary N) is 3. The summed E-state index contributed by atoms with van der Waals surface area (Å²) in [6, 6.07) is 7.60. The average Bonchev–Trinajstić information content (AvgIpc) is 3.23. The number of aromatic amines is 2. The molecule has 1 saturated heterocycles. The molecule has 0 radical (unpaired) electrons. The molecule has 1 unspecified atom stereocenters. The van der Waals surface area contributed by atoms with Gasteiger partial charge >= 0.3 is 5.69 Å². The third-order valence-corrected chi connectivity index (χ3v) is 5.94. The number of piperidine rings is 1. The molecule has 0 bridgehead atoms. The molecule has 1 atom stereocenters. The van der Waals surface area contributed by atoms with Crippen LogP contribution in [0.25, 0.3) is 11.2 Å². The number of likely N-dealkylation sites (tertiary alicyclic amines) is 1. The highest BCUT2D eigenvalue weighted by Crippen LogP contribution is 2.19. The van der Waals surface area contributed by atoms with Crippen LogP contribution in [0.1, 0.15) is 30.7 Å². The number of carbonyl (C=O) groups is 2. The normalized spacial score (nSPS) is 16.7. The summed E-state index contributed by atoms with van der Waals surface area (Å²) in [7, 11) is 1.52.